The maximum absolute atomic E-state index is 12.7. The summed E-state index contributed by atoms with van der Waals surface area (Å²) in [6.45, 7) is 81.0. The van der Waals surface area contributed by atoms with Crippen molar-refractivity contribution in [2.75, 3.05) is 0 Å². The molecule has 0 saturated heterocycles. The van der Waals surface area contributed by atoms with Crippen molar-refractivity contribution in [1.29, 1.82) is 0 Å². The van der Waals surface area contributed by atoms with E-state index in [1.165, 1.54) is 122 Å². The van der Waals surface area contributed by atoms with Crippen LogP contribution in [0.1, 0.15) is 539 Å². The van der Waals surface area contributed by atoms with Gasteiger partial charge in [-0.25, -0.2) is 0 Å². The number of carbonyl (C=O) groups is 6. The van der Waals surface area contributed by atoms with Gasteiger partial charge in [0, 0.05) is 11.8 Å². The zero-order valence-corrected chi connectivity index (χ0v) is 87.0. The molecular weight excluding hydrogens is 1670 g/mol. The summed E-state index contributed by atoms with van der Waals surface area (Å²) in [4.78, 5) is 73.0. The lowest BCUT2D eigenvalue weighted by Gasteiger charge is -2.56. The summed E-state index contributed by atoms with van der Waals surface area (Å²) in [7, 11) is 0. The third kappa shape index (κ3) is 32.9. The van der Waals surface area contributed by atoms with E-state index in [2.05, 4.69) is 62.3 Å². The molecule has 0 aromatic rings. The molecule has 0 radical (unpaired) electrons. The van der Waals surface area contributed by atoms with Gasteiger partial charge < -0.3 is 37.9 Å². The molecule has 21 unspecified atom stereocenters. The molecule has 15 fully saturated rings. The minimum atomic E-state index is -0.418. The Morgan fingerprint density at radius 1 is 0.343 bits per heavy atom. The number of carbonyl (C=O) groups excluding carboxylic acids is 6. The predicted molar refractivity (Wildman–Crippen MR) is 582 cm³/mol. The fourth-order valence-electron chi connectivity index (χ4n) is 25.5. The van der Waals surface area contributed by atoms with E-state index >= 15 is 0 Å². The minimum absolute atomic E-state index is 0. The average Bonchev–Trinajstić information content (AvgIpc) is 1.53. The van der Waals surface area contributed by atoms with Crippen LogP contribution in [0.5, 0.6) is 0 Å². The molecule has 0 amide bonds. The smallest absolute Gasteiger partial charge is 0.313 e. The van der Waals surface area contributed by atoms with E-state index in [9.17, 15) is 28.8 Å². The normalized spacial score (nSPS) is 32.3. The molecule has 0 aromatic carbocycles. The molecule has 14 nitrogen and oxygen atoms in total. The molecular formula is C120H244O14. The highest BCUT2D eigenvalue weighted by molar-refractivity contribution is 5.78. The number of fused-ring (bicyclic) bond motifs is 19. The van der Waals surface area contributed by atoms with Crippen LogP contribution in [-0.4, -0.2) is 82.5 Å². The summed E-state index contributed by atoms with van der Waals surface area (Å²) < 4.78 is 46.9. The van der Waals surface area contributed by atoms with Crippen LogP contribution in [0.25, 0.3) is 0 Å². The highest BCUT2D eigenvalue weighted by atomic mass is 16.7. The highest BCUT2D eigenvalue weighted by Crippen LogP contribution is 2.75. The van der Waals surface area contributed by atoms with Gasteiger partial charge in [0.15, 0.2) is 6.29 Å². The zero-order chi connectivity index (χ0) is 93.4. The second kappa shape index (κ2) is 57.3. The van der Waals surface area contributed by atoms with E-state index in [1.54, 1.807) is 0 Å². The molecule has 15 rings (SSSR count). The Hall–Kier alpha value is -3.26. The van der Waals surface area contributed by atoms with Crippen molar-refractivity contribution in [1.82, 2.24) is 0 Å². The zero-order valence-electron chi connectivity index (χ0n) is 87.0. The van der Waals surface area contributed by atoms with Gasteiger partial charge in [0.25, 0.3) is 0 Å². The first kappa shape index (κ1) is 146. The van der Waals surface area contributed by atoms with Gasteiger partial charge in [0.1, 0.15) is 22.4 Å². The monoisotopic (exact) mass is 1910 g/mol. The molecule has 15 aliphatic carbocycles. The van der Waals surface area contributed by atoms with Gasteiger partial charge in [-0.2, -0.15) is 0 Å². The molecule has 21 atom stereocenters. The Morgan fingerprint density at radius 3 is 1.08 bits per heavy atom. The molecule has 134 heavy (non-hydrogen) atoms. The van der Waals surface area contributed by atoms with Crippen LogP contribution in [0.15, 0.2) is 0 Å². The summed E-state index contributed by atoms with van der Waals surface area (Å²) >= 11 is 0. The molecule has 15 aliphatic rings. The van der Waals surface area contributed by atoms with Gasteiger partial charge in [-0.05, 0) is 430 Å². The van der Waals surface area contributed by atoms with Crippen molar-refractivity contribution in [2.45, 2.75) is 586 Å². The highest BCUT2D eigenvalue weighted by Gasteiger charge is 2.71. The van der Waals surface area contributed by atoms with Crippen molar-refractivity contribution >= 4 is 35.8 Å². The van der Waals surface area contributed by atoms with Crippen LogP contribution in [0.2, 0.25) is 0 Å². The van der Waals surface area contributed by atoms with Crippen molar-refractivity contribution < 1.29 is 66.7 Å². The first-order valence-electron chi connectivity index (χ1n) is 51.1. The van der Waals surface area contributed by atoms with E-state index in [4.69, 9.17) is 37.9 Å². The van der Waals surface area contributed by atoms with E-state index in [0.29, 0.717) is 29.3 Å². The van der Waals surface area contributed by atoms with Crippen molar-refractivity contribution in [3.63, 3.8) is 0 Å². The van der Waals surface area contributed by atoms with Gasteiger partial charge in [-0.1, -0.05) is 221 Å². The summed E-state index contributed by atoms with van der Waals surface area (Å²) in [5.74, 6) is 15.5. The predicted octanol–water partition coefficient (Wildman–Crippen LogP) is 36.6. The van der Waals surface area contributed by atoms with Crippen LogP contribution in [-0.2, 0) is 66.7 Å². The second-order valence-electron chi connectivity index (χ2n) is 47.3. The fourth-order valence-corrected chi connectivity index (χ4v) is 25.5. The van der Waals surface area contributed by atoms with Gasteiger partial charge >= 0.3 is 35.8 Å². The quantitative estimate of drug-likeness (QED) is 0.0433. The third-order valence-electron chi connectivity index (χ3n) is 35.2. The van der Waals surface area contributed by atoms with Crippen molar-refractivity contribution in [3.8, 4) is 0 Å². The van der Waals surface area contributed by atoms with Crippen LogP contribution in [0.3, 0.4) is 0 Å². The van der Waals surface area contributed by atoms with Gasteiger partial charge in [0.05, 0.1) is 44.2 Å². The Bertz CT molecular complexity index is 3290. The van der Waals surface area contributed by atoms with Crippen LogP contribution >= 0.6 is 0 Å². The SMILES string of the molecule is C.C.C.C.C.C.C.C.C.C.C.C.CC.CC.CC.CC.CCC(C)(C)C(=O)OC(C)(C)C.CCC(C)(C)C(=O)OC(C)(C)C(C)C.CCC(C)(C)C(=O)OC(C)OC12CC3CC(CC(C3)C1)C2.CCC(C)(C)C(=O)OC(C)OC1CC2CC1C1C3CCC(C3)C21.CCC(C)(C)C(=O)OC1(C)CC2CC1C1C3CCC(C3)C21.CCC(C)(C)C(=O)OC1(C)CCC23CC1C(C)(C)C2CCC3C. The Balaban J connectivity index is -0.000000232. The van der Waals surface area contributed by atoms with E-state index in [-0.39, 0.29) is 180 Å². The van der Waals surface area contributed by atoms with Gasteiger partial charge in [-0.3, -0.25) is 28.8 Å². The minimum Gasteiger partial charge on any atom is -0.460 e. The first-order chi connectivity index (χ1) is 56.4. The summed E-state index contributed by atoms with van der Waals surface area (Å²) in [6, 6.07) is 0. The van der Waals surface area contributed by atoms with E-state index < -0.39 is 23.4 Å². The molecule has 0 heterocycles. The average molecular weight is 1910 g/mol. The summed E-state index contributed by atoms with van der Waals surface area (Å²) in [6.07, 6.45) is 32.3. The number of esters is 6. The molecule has 1 spiro atoms. The maximum atomic E-state index is 12.7. The maximum Gasteiger partial charge on any atom is 0.313 e. The van der Waals surface area contributed by atoms with Crippen LogP contribution in [0.4, 0.5) is 0 Å². The van der Waals surface area contributed by atoms with Crippen molar-refractivity contribution in [3.05, 3.63) is 0 Å². The second-order valence-corrected chi connectivity index (χ2v) is 47.3. The van der Waals surface area contributed by atoms with E-state index in [1.807, 2.05) is 215 Å². The topological polar surface area (TPSA) is 176 Å². The van der Waals surface area contributed by atoms with Gasteiger partial charge in [-0.15, -0.1) is 0 Å². The third-order valence-corrected chi connectivity index (χ3v) is 35.2. The number of ether oxygens (including phenoxy) is 8. The molecule has 808 valence electrons. The Morgan fingerprint density at radius 2 is 0.694 bits per heavy atom. The summed E-state index contributed by atoms with van der Waals surface area (Å²) in [5.41, 5.74) is -2.63. The number of hydrogen-bond acceptors (Lipinski definition) is 14. The van der Waals surface area contributed by atoms with Crippen molar-refractivity contribution in [2.24, 2.45) is 156 Å². The molecule has 15 saturated carbocycles. The molecule has 0 aromatic heterocycles. The summed E-state index contributed by atoms with van der Waals surface area (Å²) in [5, 5.41) is 0. The largest absolute Gasteiger partial charge is 0.460 e. The standard InChI is InChI=1S/C21H36O2.C20H32O3.C19H30O2.C18H30O3.C12H24O2.C10H20O2.4C2H6.12CH4/c1-8-18(3,4)17(22)23-20(7)11-12-21-13-16(20)19(5,6)15(21)10-9-14(21)2;1-5-20(3,4)19(21)23-11(2)22-16-10-14-9-15(16)18-13-7-6-12(8-13)17(14)18;1-5-18(2,3)17(20)21-19(4)10-13-9-14(19)16-12-7-6-11(8-12)15(13)16;1-5-17(3,4)16(19)20-12(2)21-18-9-13-6-14(10-18)8-15(7-13)11-18;1-8-11(4,5)10(13)14-12(6,7)9(2)3;1-7-10(5,6)8(11)12-9(2,3)4;4*1-2;;;;;;;;;;;;/h14-16H,8-13H2,1-7H3;11-18H,5-10H2,1-4H3;11-16H,5-10H2,1-4H3;12-15H,5-11H2,1-4H3;9H,8H2,1-7H3;7H2,1-6H3;4*1-2H3;12*1H4. The lowest BCUT2D eigenvalue weighted by molar-refractivity contribution is -0.248. The number of hydrogen-bond donors (Lipinski definition) is 0. The molecule has 0 aliphatic heterocycles. The molecule has 0 N–H and O–H groups in total. The van der Waals surface area contributed by atoms with E-state index in [0.717, 1.165) is 146 Å². The number of rotatable bonds is 22. The van der Waals surface area contributed by atoms with Gasteiger partial charge in [0.2, 0.25) is 6.29 Å². The Kier molecular flexibility index (Phi) is 62.5. The molecule has 14 heteroatoms. The lowest BCUT2D eigenvalue weighted by atomic mass is 9.54. The first-order valence-corrected chi connectivity index (χ1v) is 51.1. The van der Waals surface area contributed by atoms with Crippen LogP contribution < -0.4 is 0 Å². The lowest BCUT2D eigenvalue weighted by Crippen LogP contribution is -2.53. The fraction of sp³-hybridized carbons (Fsp3) is 0.950. The molecule has 14 bridgehead atoms. The van der Waals surface area contributed by atoms with Crippen LogP contribution in [0, 0.1) is 156 Å². The Labute approximate surface area is 839 Å².